The molecule has 12 heteroatoms. The highest BCUT2D eigenvalue weighted by Crippen LogP contribution is 2.46. The number of aryl methyl sites for hydroxylation is 2. The zero-order valence-corrected chi connectivity index (χ0v) is 26.8. The Balaban J connectivity index is 1.25. The summed E-state index contributed by atoms with van der Waals surface area (Å²) in [7, 11) is 0. The number of aromatic nitrogens is 2. The first-order chi connectivity index (χ1) is 22.3. The molecule has 0 saturated heterocycles. The van der Waals surface area contributed by atoms with Crippen LogP contribution in [0.2, 0.25) is 5.02 Å². The molecular weight excluding hydrogens is 627 g/mol. The van der Waals surface area contributed by atoms with Crippen LogP contribution in [0.3, 0.4) is 0 Å². The summed E-state index contributed by atoms with van der Waals surface area (Å²) in [4.78, 5) is 73.8. The molecule has 1 atom stereocenters. The van der Waals surface area contributed by atoms with Crippen LogP contribution in [0.4, 0.5) is 10.1 Å². The number of amides is 3. The molecule has 2 aromatic heterocycles. The maximum Gasteiger partial charge on any atom is 0.333 e. The summed E-state index contributed by atoms with van der Waals surface area (Å²) >= 11 is 6.60. The molecule has 10 nitrogen and oxygen atoms in total. The highest BCUT2D eigenvalue weighted by Gasteiger charge is 2.45. The van der Waals surface area contributed by atoms with Crippen LogP contribution in [0.15, 0.2) is 65.6 Å². The average Bonchev–Trinajstić information content (AvgIpc) is 3.76. The van der Waals surface area contributed by atoms with E-state index in [1.54, 1.807) is 57.2 Å². The minimum Gasteiger partial charge on any atom is -0.330 e. The van der Waals surface area contributed by atoms with Gasteiger partial charge in [-0.15, -0.1) is 0 Å². The standard InChI is InChI=1S/C35H30ClFN4O6/c1-18(14-28(42)47-41-31(43)21-8-5-6-9-22(21)32(41)44)24-15-20(3)40(33(45)29(24)36)27-16-26(38-17-19(27)2)23-10-7-11-25(30(23)37)39-34(46)35(4)12-13-35/h5-11,15-18H,12-14H2,1-4H3,(H,39,46)/t18-/m1/s1. The van der Waals surface area contributed by atoms with Gasteiger partial charge in [-0.3, -0.25) is 28.7 Å². The van der Waals surface area contributed by atoms with Gasteiger partial charge in [0.2, 0.25) is 5.91 Å². The normalized spacial score (nSPS) is 15.3. The van der Waals surface area contributed by atoms with Gasteiger partial charge in [-0.2, -0.15) is 0 Å². The molecule has 4 aromatic rings. The Hall–Kier alpha value is -5.16. The first-order valence-corrected chi connectivity index (χ1v) is 15.4. The van der Waals surface area contributed by atoms with Crippen molar-refractivity contribution in [2.24, 2.45) is 5.41 Å². The second-order valence-corrected chi connectivity index (χ2v) is 12.6. The van der Waals surface area contributed by atoms with E-state index < -0.39 is 40.5 Å². The maximum atomic E-state index is 15.6. The number of halogens is 2. The lowest BCUT2D eigenvalue weighted by atomic mass is 9.97. The summed E-state index contributed by atoms with van der Waals surface area (Å²) in [6.07, 6.45) is 2.74. The molecule has 0 bridgehead atoms. The number of benzene rings is 2. The van der Waals surface area contributed by atoms with E-state index in [1.807, 2.05) is 6.92 Å². The molecule has 0 spiro atoms. The molecule has 1 saturated carbocycles. The van der Waals surface area contributed by atoms with E-state index in [0.717, 1.165) is 12.8 Å². The second kappa shape index (κ2) is 11.9. The van der Waals surface area contributed by atoms with Crippen molar-refractivity contribution in [3.05, 3.63) is 110 Å². The van der Waals surface area contributed by atoms with Crippen molar-refractivity contribution in [3.63, 3.8) is 0 Å². The highest BCUT2D eigenvalue weighted by atomic mass is 35.5. The Bertz CT molecular complexity index is 2040. The average molecular weight is 657 g/mol. The molecule has 3 amide bonds. The molecule has 1 fully saturated rings. The lowest BCUT2D eigenvalue weighted by molar-refractivity contribution is -0.168. The molecule has 0 unspecified atom stereocenters. The Morgan fingerprint density at radius 2 is 1.66 bits per heavy atom. The van der Waals surface area contributed by atoms with Crippen LogP contribution < -0.4 is 10.9 Å². The molecule has 240 valence electrons. The van der Waals surface area contributed by atoms with Crippen LogP contribution in [-0.2, 0) is 14.4 Å². The van der Waals surface area contributed by atoms with E-state index in [2.05, 4.69) is 10.3 Å². The lowest BCUT2D eigenvalue weighted by Gasteiger charge is -2.20. The van der Waals surface area contributed by atoms with Gasteiger partial charge in [0.15, 0.2) is 5.82 Å². The molecule has 3 heterocycles. The second-order valence-electron chi connectivity index (χ2n) is 12.3. The van der Waals surface area contributed by atoms with Crippen molar-refractivity contribution in [3.8, 4) is 16.9 Å². The molecule has 2 aliphatic rings. The molecule has 1 aliphatic carbocycles. The Morgan fingerprint density at radius 3 is 2.30 bits per heavy atom. The molecule has 1 aliphatic heterocycles. The van der Waals surface area contributed by atoms with E-state index in [9.17, 15) is 24.0 Å². The number of pyridine rings is 2. The minimum absolute atomic E-state index is 0.0424. The van der Waals surface area contributed by atoms with E-state index in [0.29, 0.717) is 27.6 Å². The first-order valence-electron chi connectivity index (χ1n) is 15.0. The fourth-order valence-corrected chi connectivity index (χ4v) is 5.88. The third kappa shape index (κ3) is 5.71. The van der Waals surface area contributed by atoms with Gasteiger partial charge in [-0.05, 0) is 80.1 Å². The Morgan fingerprint density at radius 1 is 1.02 bits per heavy atom. The van der Waals surface area contributed by atoms with Gasteiger partial charge in [-0.25, -0.2) is 9.18 Å². The molecule has 0 radical (unpaired) electrons. The van der Waals surface area contributed by atoms with E-state index >= 15 is 4.39 Å². The third-order valence-corrected chi connectivity index (χ3v) is 9.08. The van der Waals surface area contributed by atoms with Crippen LogP contribution in [0.1, 0.15) is 76.6 Å². The number of carbonyl (C=O) groups is 4. The summed E-state index contributed by atoms with van der Waals surface area (Å²) in [5.74, 6) is -3.84. The topological polar surface area (TPSA) is 128 Å². The lowest BCUT2D eigenvalue weighted by Crippen LogP contribution is -2.33. The fraction of sp³-hybridized carbons (Fsp3) is 0.257. The smallest absolute Gasteiger partial charge is 0.330 e. The van der Waals surface area contributed by atoms with Crippen molar-refractivity contribution in [2.75, 3.05) is 5.32 Å². The third-order valence-electron chi connectivity index (χ3n) is 8.70. The predicted octanol–water partition coefficient (Wildman–Crippen LogP) is 6.30. The van der Waals surface area contributed by atoms with Crippen LogP contribution in [0, 0.1) is 25.1 Å². The number of fused-ring (bicyclic) bond motifs is 1. The van der Waals surface area contributed by atoms with Gasteiger partial charge >= 0.3 is 5.97 Å². The molecule has 47 heavy (non-hydrogen) atoms. The summed E-state index contributed by atoms with van der Waals surface area (Å²) in [5.41, 5.74) is 1.54. The van der Waals surface area contributed by atoms with Crippen LogP contribution in [0.25, 0.3) is 16.9 Å². The molecule has 2 aromatic carbocycles. The quantitative estimate of drug-likeness (QED) is 0.221. The largest absolute Gasteiger partial charge is 0.333 e. The summed E-state index contributed by atoms with van der Waals surface area (Å²) in [5, 5.41) is 2.98. The fourth-order valence-electron chi connectivity index (χ4n) is 5.56. The van der Waals surface area contributed by atoms with Crippen LogP contribution >= 0.6 is 11.6 Å². The monoisotopic (exact) mass is 656 g/mol. The minimum atomic E-state index is -0.855. The Kier molecular flexibility index (Phi) is 8.05. The van der Waals surface area contributed by atoms with Crippen molar-refractivity contribution < 1.29 is 28.4 Å². The number of carbonyl (C=O) groups excluding carboxylic acids is 4. The van der Waals surface area contributed by atoms with Crippen LogP contribution in [-0.4, -0.2) is 38.3 Å². The van der Waals surface area contributed by atoms with Gasteiger partial charge in [0.25, 0.3) is 17.4 Å². The highest BCUT2D eigenvalue weighted by molar-refractivity contribution is 6.31. The number of rotatable bonds is 8. The number of nitrogens with zero attached hydrogens (tertiary/aromatic N) is 3. The predicted molar refractivity (Wildman–Crippen MR) is 172 cm³/mol. The van der Waals surface area contributed by atoms with E-state index in [4.69, 9.17) is 16.4 Å². The molecule has 1 N–H and O–H groups in total. The number of anilines is 1. The summed E-state index contributed by atoms with van der Waals surface area (Å²) in [6, 6.07) is 14.0. The van der Waals surface area contributed by atoms with Crippen molar-refractivity contribution in [1.29, 1.82) is 0 Å². The zero-order chi connectivity index (χ0) is 33.8. The molecule has 6 rings (SSSR count). The van der Waals surface area contributed by atoms with Gasteiger partial charge in [0.1, 0.15) is 5.02 Å². The van der Waals surface area contributed by atoms with Gasteiger partial charge in [-0.1, -0.05) is 48.7 Å². The van der Waals surface area contributed by atoms with Crippen molar-refractivity contribution >= 4 is 41.0 Å². The number of hydrogen-bond donors (Lipinski definition) is 1. The number of nitrogens with one attached hydrogen (secondary N) is 1. The van der Waals surface area contributed by atoms with E-state index in [1.165, 1.54) is 29.0 Å². The van der Waals surface area contributed by atoms with Crippen LogP contribution in [0.5, 0.6) is 0 Å². The molecular formula is C35H30ClFN4O6. The van der Waals surface area contributed by atoms with Gasteiger partial charge in [0.05, 0.1) is 34.6 Å². The summed E-state index contributed by atoms with van der Waals surface area (Å²) < 4.78 is 17.0. The van der Waals surface area contributed by atoms with Crippen molar-refractivity contribution in [1.82, 2.24) is 14.6 Å². The first kappa shape index (κ1) is 31.8. The van der Waals surface area contributed by atoms with Crippen molar-refractivity contribution in [2.45, 2.75) is 52.9 Å². The number of hydroxylamine groups is 2. The van der Waals surface area contributed by atoms with E-state index in [-0.39, 0.29) is 45.4 Å². The van der Waals surface area contributed by atoms with Gasteiger partial charge in [0, 0.05) is 22.9 Å². The van der Waals surface area contributed by atoms with Gasteiger partial charge < -0.3 is 10.2 Å². The maximum absolute atomic E-state index is 15.6. The Labute approximate surface area is 274 Å². The number of imide groups is 1. The summed E-state index contributed by atoms with van der Waals surface area (Å²) in [6.45, 7) is 6.95. The SMILES string of the molecule is Cc1cnc(-c2cccc(NC(=O)C3(C)CC3)c2F)cc1-n1c(C)cc([C@H](C)CC(=O)ON2C(=O)c3ccccc3C2=O)c(Cl)c1=O. The number of hydrogen-bond acceptors (Lipinski definition) is 7. The zero-order valence-electron chi connectivity index (χ0n) is 26.0.